The molecule has 0 saturated carbocycles. The summed E-state index contributed by atoms with van der Waals surface area (Å²) < 4.78 is 0. The lowest BCUT2D eigenvalue weighted by molar-refractivity contribution is -0.141. The minimum absolute atomic E-state index is 0.271. The van der Waals surface area contributed by atoms with Gasteiger partial charge in [0.25, 0.3) is 0 Å². The number of carboxylic acids is 1. The first-order valence-corrected chi connectivity index (χ1v) is 10.0. The second-order valence-corrected chi connectivity index (χ2v) is 7.71. The van der Waals surface area contributed by atoms with Gasteiger partial charge in [0.05, 0.1) is 17.3 Å². The molecule has 0 radical (unpaired) electrons. The lowest BCUT2D eigenvalue weighted by Gasteiger charge is -2.17. The summed E-state index contributed by atoms with van der Waals surface area (Å²) in [5.74, 6) is -0.982. The van der Waals surface area contributed by atoms with Crippen molar-refractivity contribution < 1.29 is 9.90 Å². The van der Waals surface area contributed by atoms with Gasteiger partial charge in [-0.1, -0.05) is 80.4 Å². The van der Waals surface area contributed by atoms with Crippen molar-refractivity contribution in [2.75, 3.05) is 0 Å². The number of hydrogen-bond donors (Lipinski definition) is 1. The molecule has 1 N–H and O–H groups in total. The molecule has 2 aromatic carbocycles. The molecule has 2 aromatic rings. The summed E-state index contributed by atoms with van der Waals surface area (Å²) in [4.78, 5) is 21.0. The molecule has 1 unspecified atom stereocenters. The standard InChI is InChI=1S/C24H28N2O2/c1-18(23(27)28)12-6-5-11-17-24(2)25-21(19-13-7-3-8-14-19)22(26-24)20-15-9-4-10-16-20/h3-4,7-10,13-16,18H,5-6,11-12,17H2,1-2H3,(H,27,28). The first-order valence-electron chi connectivity index (χ1n) is 10.0. The highest BCUT2D eigenvalue weighted by molar-refractivity contribution is 6.54. The summed E-state index contributed by atoms with van der Waals surface area (Å²) in [5.41, 5.74) is 3.62. The van der Waals surface area contributed by atoms with E-state index in [-0.39, 0.29) is 5.92 Å². The molecule has 0 aromatic heterocycles. The van der Waals surface area contributed by atoms with Crippen LogP contribution in [0.25, 0.3) is 0 Å². The van der Waals surface area contributed by atoms with Gasteiger partial charge in [-0.2, -0.15) is 0 Å². The first-order chi connectivity index (χ1) is 13.5. The van der Waals surface area contributed by atoms with Crippen molar-refractivity contribution in [3.63, 3.8) is 0 Å². The predicted molar refractivity (Wildman–Crippen MR) is 114 cm³/mol. The topological polar surface area (TPSA) is 62.0 Å². The fraction of sp³-hybridized carbons (Fsp3) is 0.375. The van der Waals surface area contributed by atoms with Gasteiger partial charge in [0, 0.05) is 11.1 Å². The molecule has 0 spiro atoms. The van der Waals surface area contributed by atoms with Crippen LogP contribution in [0.4, 0.5) is 0 Å². The number of carboxylic acid groups (broad SMARTS) is 1. The summed E-state index contributed by atoms with van der Waals surface area (Å²) in [5, 5.41) is 8.99. The van der Waals surface area contributed by atoms with Crippen molar-refractivity contribution in [1.82, 2.24) is 0 Å². The number of carbonyl (C=O) groups is 1. The minimum atomic E-state index is -0.711. The summed E-state index contributed by atoms with van der Waals surface area (Å²) in [6, 6.07) is 20.4. The molecule has 146 valence electrons. The fourth-order valence-corrected chi connectivity index (χ4v) is 3.53. The second kappa shape index (κ2) is 8.96. The molecule has 3 rings (SSSR count). The van der Waals surface area contributed by atoms with E-state index >= 15 is 0 Å². The molecule has 28 heavy (non-hydrogen) atoms. The summed E-state index contributed by atoms with van der Waals surface area (Å²) in [6.45, 7) is 3.86. The van der Waals surface area contributed by atoms with Crippen molar-refractivity contribution in [2.45, 2.75) is 51.6 Å². The van der Waals surface area contributed by atoms with Gasteiger partial charge in [-0.25, -0.2) is 0 Å². The van der Waals surface area contributed by atoms with Crippen LogP contribution in [0, 0.1) is 5.92 Å². The van der Waals surface area contributed by atoms with Gasteiger partial charge < -0.3 is 5.11 Å². The van der Waals surface area contributed by atoms with Crippen LogP contribution in [0.2, 0.25) is 0 Å². The second-order valence-electron chi connectivity index (χ2n) is 7.71. The highest BCUT2D eigenvalue weighted by atomic mass is 16.4. The highest BCUT2D eigenvalue weighted by Gasteiger charge is 2.32. The third-order valence-electron chi connectivity index (χ3n) is 5.23. The van der Waals surface area contributed by atoms with Crippen molar-refractivity contribution >= 4 is 17.4 Å². The molecular weight excluding hydrogens is 348 g/mol. The Labute approximate surface area is 167 Å². The molecule has 4 heteroatoms. The molecule has 1 atom stereocenters. The Morgan fingerprint density at radius 3 is 1.86 bits per heavy atom. The Morgan fingerprint density at radius 2 is 1.39 bits per heavy atom. The molecule has 0 fully saturated rings. The first kappa shape index (κ1) is 20.0. The number of hydrogen-bond acceptors (Lipinski definition) is 3. The molecule has 0 bridgehead atoms. The van der Waals surface area contributed by atoms with Crippen molar-refractivity contribution in [1.29, 1.82) is 0 Å². The summed E-state index contributed by atoms with van der Waals surface area (Å²) in [7, 11) is 0. The quantitative estimate of drug-likeness (QED) is 0.598. The molecule has 0 aliphatic carbocycles. The van der Waals surface area contributed by atoms with E-state index in [2.05, 4.69) is 31.2 Å². The minimum Gasteiger partial charge on any atom is -0.481 e. The molecule has 0 amide bonds. The van der Waals surface area contributed by atoms with Crippen molar-refractivity contribution in [2.24, 2.45) is 15.9 Å². The maximum Gasteiger partial charge on any atom is 0.306 e. The Kier molecular flexibility index (Phi) is 6.40. The van der Waals surface area contributed by atoms with Crippen LogP contribution in [0.15, 0.2) is 70.6 Å². The maximum atomic E-state index is 10.9. The van der Waals surface area contributed by atoms with Crippen molar-refractivity contribution in [3.8, 4) is 0 Å². The predicted octanol–water partition coefficient (Wildman–Crippen LogP) is 5.37. The molecule has 1 aliphatic heterocycles. The average molecular weight is 377 g/mol. The number of unbranched alkanes of at least 4 members (excludes halogenated alkanes) is 2. The zero-order chi connectivity index (χ0) is 20.0. The van der Waals surface area contributed by atoms with Crippen LogP contribution in [0.1, 0.15) is 57.1 Å². The molecule has 1 heterocycles. The maximum absolute atomic E-state index is 10.9. The third-order valence-corrected chi connectivity index (χ3v) is 5.23. The van der Waals surface area contributed by atoms with Gasteiger partial charge in [0.15, 0.2) is 0 Å². The summed E-state index contributed by atoms with van der Waals surface area (Å²) >= 11 is 0. The smallest absolute Gasteiger partial charge is 0.306 e. The van der Waals surface area contributed by atoms with Gasteiger partial charge in [-0.3, -0.25) is 14.8 Å². The van der Waals surface area contributed by atoms with E-state index in [0.717, 1.165) is 54.7 Å². The van der Waals surface area contributed by atoms with E-state index in [1.165, 1.54) is 0 Å². The van der Waals surface area contributed by atoms with E-state index in [0.29, 0.717) is 0 Å². The van der Waals surface area contributed by atoms with E-state index in [1.807, 2.05) is 36.4 Å². The van der Waals surface area contributed by atoms with Gasteiger partial charge >= 0.3 is 5.97 Å². The fourth-order valence-electron chi connectivity index (χ4n) is 3.53. The molecule has 0 saturated heterocycles. The lowest BCUT2D eigenvalue weighted by Crippen LogP contribution is -2.16. The van der Waals surface area contributed by atoms with Crippen LogP contribution in [-0.4, -0.2) is 28.2 Å². The Hall–Kier alpha value is -2.75. The van der Waals surface area contributed by atoms with E-state index in [9.17, 15) is 4.79 Å². The number of benzene rings is 2. The third kappa shape index (κ3) is 4.94. The average Bonchev–Trinajstić information content (AvgIpc) is 3.07. The number of aliphatic carboxylic acids is 1. The Balaban J connectivity index is 1.72. The SMILES string of the molecule is CC(CCCCCC1(C)N=C(c2ccccc2)C(c2ccccc2)=N1)C(=O)O. The van der Waals surface area contributed by atoms with Crippen LogP contribution in [0.5, 0.6) is 0 Å². The highest BCUT2D eigenvalue weighted by Crippen LogP contribution is 2.30. The Morgan fingerprint density at radius 1 is 0.893 bits per heavy atom. The van der Waals surface area contributed by atoms with E-state index < -0.39 is 11.6 Å². The van der Waals surface area contributed by atoms with E-state index in [1.54, 1.807) is 6.92 Å². The zero-order valence-electron chi connectivity index (χ0n) is 16.6. The van der Waals surface area contributed by atoms with Crippen LogP contribution in [0.3, 0.4) is 0 Å². The van der Waals surface area contributed by atoms with Crippen LogP contribution in [-0.2, 0) is 4.79 Å². The Bertz CT molecular complexity index is 801. The van der Waals surface area contributed by atoms with Crippen molar-refractivity contribution in [3.05, 3.63) is 71.8 Å². The monoisotopic (exact) mass is 376 g/mol. The van der Waals surface area contributed by atoms with Gasteiger partial charge in [-0.05, 0) is 26.2 Å². The normalized spacial score (nSPS) is 16.4. The molecular formula is C24H28N2O2. The molecule has 1 aliphatic rings. The number of rotatable bonds is 9. The molecule has 4 nitrogen and oxygen atoms in total. The largest absolute Gasteiger partial charge is 0.481 e. The lowest BCUT2D eigenvalue weighted by atomic mass is 10.00. The van der Waals surface area contributed by atoms with E-state index in [4.69, 9.17) is 15.1 Å². The zero-order valence-corrected chi connectivity index (χ0v) is 16.6. The van der Waals surface area contributed by atoms with Gasteiger partial charge in [-0.15, -0.1) is 0 Å². The van der Waals surface area contributed by atoms with Crippen LogP contribution < -0.4 is 0 Å². The van der Waals surface area contributed by atoms with Gasteiger partial charge in [0.1, 0.15) is 5.66 Å². The number of aliphatic imine (C=N–C) groups is 2. The van der Waals surface area contributed by atoms with Gasteiger partial charge in [0.2, 0.25) is 0 Å². The van der Waals surface area contributed by atoms with Crippen LogP contribution >= 0.6 is 0 Å². The number of nitrogens with zero attached hydrogens (tertiary/aromatic N) is 2. The summed E-state index contributed by atoms with van der Waals surface area (Å²) in [6.07, 6.45) is 4.50.